The summed E-state index contributed by atoms with van der Waals surface area (Å²) in [6, 6.07) is 9.46. The van der Waals surface area contributed by atoms with E-state index in [2.05, 4.69) is 27.2 Å². The van der Waals surface area contributed by atoms with Crippen molar-refractivity contribution in [3.05, 3.63) is 76.7 Å². The number of ether oxygens (including phenoxy) is 1. The first-order chi connectivity index (χ1) is 15.0. The molecule has 1 aliphatic heterocycles. The third kappa shape index (κ3) is 4.04. The smallest absolute Gasteiger partial charge is 0.203 e. The molecule has 1 fully saturated rings. The highest BCUT2D eigenvalue weighted by Crippen LogP contribution is 2.28. The van der Waals surface area contributed by atoms with Crippen molar-refractivity contribution in [3.8, 4) is 17.1 Å². The summed E-state index contributed by atoms with van der Waals surface area (Å²) in [5.41, 5.74) is 3.19. The van der Waals surface area contributed by atoms with Crippen LogP contribution in [0, 0.1) is 5.41 Å². The van der Waals surface area contributed by atoms with E-state index in [4.69, 9.17) is 4.74 Å². The molecule has 0 bridgehead atoms. The molecule has 0 atom stereocenters. The molecular weight excluding hydrogens is 394 g/mol. The molecule has 0 aliphatic carbocycles. The topological polar surface area (TPSA) is 92.7 Å². The molecule has 158 valence electrons. The number of aromatic nitrogens is 7. The van der Waals surface area contributed by atoms with E-state index >= 15 is 0 Å². The lowest BCUT2D eigenvalue weighted by Crippen LogP contribution is -2.43. The molecule has 0 amide bonds. The summed E-state index contributed by atoms with van der Waals surface area (Å²) in [6.07, 6.45) is 7.39. The predicted molar refractivity (Wildman–Crippen MR) is 114 cm³/mol. The molecular formula is C22H23N7O2. The van der Waals surface area contributed by atoms with Crippen molar-refractivity contribution >= 4 is 0 Å². The highest BCUT2D eigenvalue weighted by molar-refractivity contribution is 5.55. The van der Waals surface area contributed by atoms with Gasteiger partial charge in [-0.05, 0) is 11.6 Å². The van der Waals surface area contributed by atoms with Crippen LogP contribution in [0.2, 0.25) is 0 Å². The highest BCUT2D eigenvalue weighted by Gasteiger charge is 2.34. The van der Waals surface area contributed by atoms with Gasteiger partial charge in [0.15, 0.2) is 5.82 Å². The lowest BCUT2D eigenvalue weighted by atomic mass is 9.89. The zero-order chi connectivity index (χ0) is 21.4. The van der Waals surface area contributed by atoms with Gasteiger partial charge in [-0.25, -0.2) is 9.67 Å². The molecule has 0 saturated carbocycles. The van der Waals surface area contributed by atoms with Gasteiger partial charge in [-0.15, -0.1) is 0 Å². The number of nitrogens with zero attached hydrogens (tertiary/aromatic N) is 7. The van der Waals surface area contributed by atoms with Gasteiger partial charge in [0.2, 0.25) is 5.43 Å². The number of benzene rings is 1. The molecule has 9 nitrogen and oxygen atoms in total. The van der Waals surface area contributed by atoms with Crippen molar-refractivity contribution in [1.29, 1.82) is 0 Å². The van der Waals surface area contributed by atoms with Gasteiger partial charge in [0.25, 0.3) is 0 Å². The fourth-order valence-electron chi connectivity index (χ4n) is 3.69. The first-order valence-corrected chi connectivity index (χ1v) is 10.1. The maximum absolute atomic E-state index is 12.4. The summed E-state index contributed by atoms with van der Waals surface area (Å²) in [7, 11) is 1.84. The summed E-state index contributed by atoms with van der Waals surface area (Å²) in [4.78, 5) is 16.9. The summed E-state index contributed by atoms with van der Waals surface area (Å²) in [5.74, 6) is 0.666. The van der Waals surface area contributed by atoms with Crippen molar-refractivity contribution < 1.29 is 4.74 Å². The number of hydrogen-bond acceptors (Lipinski definition) is 6. The SMILES string of the molecule is Cn1cc(-n2ccc(=O)c(Cc3cccc(-c4ncn(CC5(C)COC5)n4)c3)n2)cn1. The molecule has 9 heteroatoms. The molecule has 0 spiro atoms. The van der Waals surface area contributed by atoms with E-state index in [1.165, 1.54) is 6.07 Å². The third-order valence-corrected chi connectivity index (χ3v) is 5.37. The van der Waals surface area contributed by atoms with Crippen molar-refractivity contribution in [2.45, 2.75) is 19.9 Å². The molecule has 0 radical (unpaired) electrons. The van der Waals surface area contributed by atoms with E-state index in [1.807, 2.05) is 42.2 Å². The van der Waals surface area contributed by atoms with Crippen molar-refractivity contribution in [2.24, 2.45) is 12.5 Å². The van der Waals surface area contributed by atoms with Gasteiger partial charge >= 0.3 is 0 Å². The van der Waals surface area contributed by atoms with Crippen LogP contribution in [0.15, 0.2) is 60.0 Å². The lowest BCUT2D eigenvalue weighted by molar-refractivity contribution is -0.111. The van der Waals surface area contributed by atoms with E-state index in [0.717, 1.165) is 36.6 Å². The number of aryl methyl sites for hydroxylation is 1. The minimum atomic E-state index is -0.0936. The van der Waals surface area contributed by atoms with E-state index in [1.54, 1.807) is 28.1 Å². The minimum Gasteiger partial charge on any atom is -0.380 e. The molecule has 0 N–H and O–H groups in total. The zero-order valence-electron chi connectivity index (χ0n) is 17.5. The molecule has 1 aromatic carbocycles. The normalized spacial score (nSPS) is 15.0. The van der Waals surface area contributed by atoms with E-state index in [-0.39, 0.29) is 10.8 Å². The Morgan fingerprint density at radius 3 is 2.81 bits per heavy atom. The Labute approximate surface area is 178 Å². The Morgan fingerprint density at radius 2 is 2.06 bits per heavy atom. The number of rotatable bonds is 6. The van der Waals surface area contributed by atoms with Crippen LogP contribution < -0.4 is 5.43 Å². The van der Waals surface area contributed by atoms with Crippen LogP contribution in [0.25, 0.3) is 17.1 Å². The quantitative estimate of drug-likeness (QED) is 0.475. The van der Waals surface area contributed by atoms with E-state index in [9.17, 15) is 4.79 Å². The van der Waals surface area contributed by atoms with Crippen LogP contribution in [0.4, 0.5) is 0 Å². The van der Waals surface area contributed by atoms with Crippen molar-refractivity contribution in [2.75, 3.05) is 13.2 Å². The molecule has 1 aliphatic rings. The lowest BCUT2D eigenvalue weighted by Gasteiger charge is -2.37. The summed E-state index contributed by atoms with van der Waals surface area (Å²) >= 11 is 0. The zero-order valence-corrected chi connectivity index (χ0v) is 17.5. The van der Waals surface area contributed by atoms with Gasteiger partial charge in [0.05, 0.1) is 32.2 Å². The average Bonchev–Trinajstić information content (AvgIpc) is 3.38. The Kier molecular flexibility index (Phi) is 4.74. The molecule has 5 rings (SSSR count). The summed E-state index contributed by atoms with van der Waals surface area (Å²) in [5, 5.41) is 13.3. The van der Waals surface area contributed by atoms with Gasteiger partial charge in [0.1, 0.15) is 17.7 Å². The Hall–Kier alpha value is -3.59. The first kappa shape index (κ1) is 19.4. The maximum atomic E-state index is 12.4. The minimum absolute atomic E-state index is 0.0936. The number of hydrogen-bond donors (Lipinski definition) is 0. The van der Waals surface area contributed by atoms with Gasteiger partial charge in [-0.2, -0.15) is 15.3 Å². The summed E-state index contributed by atoms with van der Waals surface area (Å²) in [6.45, 7) is 4.46. The summed E-state index contributed by atoms with van der Waals surface area (Å²) < 4.78 is 10.6. The molecule has 0 unspecified atom stereocenters. The van der Waals surface area contributed by atoms with E-state index < -0.39 is 0 Å². The third-order valence-electron chi connectivity index (χ3n) is 5.37. The van der Waals surface area contributed by atoms with Gasteiger partial charge < -0.3 is 4.74 Å². The van der Waals surface area contributed by atoms with Crippen LogP contribution in [-0.4, -0.2) is 47.5 Å². The van der Waals surface area contributed by atoms with Crippen LogP contribution in [-0.2, 0) is 24.8 Å². The van der Waals surface area contributed by atoms with Crippen LogP contribution in [0.5, 0.6) is 0 Å². The van der Waals surface area contributed by atoms with E-state index in [0.29, 0.717) is 17.9 Å². The molecule has 4 heterocycles. The molecule has 3 aromatic heterocycles. The van der Waals surface area contributed by atoms with Crippen molar-refractivity contribution in [1.82, 2.24) is 34.3 Å². The van der Waals surface area contributed by atoms with Gasteiger partial charge in [-0.3, -0.25) is 14.2 Å². The highest BCUT2D eigenvalue weighted by atomic mass is 16.5. The fourth-order valence-corrected chi connectivity index (χ4v) is 3.69. The van der Waals surface area contributed by atoms with Gasteiger partial charge in [0, 0.05) is 36.7 Å². The second-order valence-electron chi connectivity index (χ2n) is 8.39. The Morgan fingerprint density at radius 1 is 1.19 bits per heavy atom. The standard InChI is InChI=1S/C22H23N7O2/c1-22(13-31-14-22)12-28-15-23-21(26-28)17-5-3-4-16(8-17)9-19-20(30)6-7-29(25-19)18-10-24-27(2)11-18/h3-8,10-11,15H,9,12-14H2,1-2H3. The fraction of sp³-hybridized carbons (Fsp3) is 0.318. The largest absolute Gasteiger partial charge is 0.380 e. The maximum Gasteiger partial charge on any atom is 0.203 e. The van der Waals surface area contributed by atoms with Crippen molar-refractivity contribution in [3.63, 3.8) is 0 Å². The average molecular weight is 417 g/mol. The van der Waals surface area contributed by atoms with Crippen LogP contribution in [0.3, 0.4) is 0 Å². The predicted octanol–water partition coefficient (Wildman–Crippen LogP) is 1.85. The second kappa shape index (κ2) is 7.59. The van der Waals surface area contributed by atoms with Crippen LogP contribution in [0.1, 0.15) is 18.2 Å². The molecule has 4 aromatic rings. The molecule has 31 heavy (non-hydrogen) atoms. The first-order valence-electron chi connectivity index (χ1n) is 10.1. The monoisotopic (exact) mass is 417 g/mol. The second-order valence-corrected chi connectivity index (χ2v) is 8.39. The molecule has 1 saturated heterocycles. The van der Waals surface area contributed by atoms with Gasteiger partial charge in [-0.1, -0.05) is 25.1 Å². The Balaban J connectivity index is 1.37. The Bertz CT molecular complexity index is 1280. The van der Waals surface area contributed by atoms with Crippen LogP contribution >= 0.6 is 0 Å².